The smallest absolute Gasteiger partial charge is 0.0951 e. The molecule has 0 spiro atoms. The van der Waals surface area contributed by atoms with E-state index in [0.29, 0.717) is 0 Å². The summed E-state index contributed by atoms with van der Waals surface area (Å²) >= 11 is 0. The maximum atomic E-state index is 5.19. The van der Waals surface area contributed by atoms with Crippen molar-refractivity contribution in [1.82, 2.24) is 14.4 Å². The number of benzene rings is 5. The molecule has 0 radical (unpaired) electrons. The summed E-state index contributed by atoms with van der Waals surface area (Å²) in [6.07, 6.45) is 0. The van der Waals surface area contributed by atoms with Gasteiger partial charge >= 0.3 is 0 Å². The monoisotopic (exact) mass is 523 g/mol. The average molecular weight is 524 g/mol. The van der Waals surface area contributed by atoms with Crippen molar-refractivity contribution in [2.75, 3.05) is 0 Å². The van der Waals surface area contributed by atoms with Gasteiger partial charge in [0.05, 0.1) is 39.1 Å². The van der Waals surface area contributed by atoms with Crippen molar-refractivity contribution in [3.8, 4) is 44.9 Å². The zero-order valence-electron chi connectivity index (χ0n) is 22.3. The molecule has 0 aliphatic heterocycles. The van der Waals surface area contributed by atoms with Gasteiger partial charge in [-0.15, -0.1) is 0 Å². The minimum absolute atomic E-state index is 0.935. The van der Waals surface area contributed by atoms with Crippen LogP contribution >= 0.6 is 0 Å². The summed E-state index contributed by atoms with van der Waals surface area (Å²) in [6, 6.07) is 53.0. The first kappa shape index (κ1) is 23.4. The quantitative estimate of drug-likeness (QED) is 0.230. The van der Waals surface area contributed by atoms with Gasteiger partial charge in [0, 0.05) is 22.1 Å². The zero-order chi connectivity index (χ0) is 27.2. The summed E-state index contributed by atoms with van der Waals surface area (Å²) in [5.41, 5.74) is 12.7. The molecule has 0 aliphatic rings. The first-order valence-electron chi connectivity index (χ1n) is 13.8. The van der Waals surface area contributed by atoms with Crippen LogP contribution < -0.4 is 0 Å². The number of para-hydroxylation sites is 3. The van der Waals surface area contributed by atoms with Gasteiger partial charge in [0.25, 0.3) is 0 Å². The Kier molecular flexibility index (Phi) is 5.46. The molecule has 0 N–H and O–H groups in total. The molecule has 0 saturated carbocycles. The molecule has 3 heteroatoms. The van der Waals surface area contributed by atoms with Crippen molar-refractivity contribution >= 4 is 27.5 Å². The normalized spacial score (nSPS) is 11.4. The van der Waals surface area contributed by atoms with E-state index < -0.39 is 0 Å². The lowest BCUT2D eigenvalue weighted by molar-refractivity contribution is 1.27. The van der Waals surface area contributed by atoms with Gasteiger partial charge in [0.1, 0.15) is 0 Å². The van der Waals surface area contributed by atoms with E-state index in [1.807, 2.05) is 6.07 Å². The molecule has 0 atom stereocenters. The van der Waals surface area contributed by atoms with Crippen LogP contribution in [0.25, 0.3) is 72.4 Å². The van der Waals surface area contributed by atoms with E-state index in [-0.39, 0.29) is 0 Å². The summed E-state index contributed by atoms with van der Waals surface area (Å²) in [6.45, 7) is 0. The fourth-order valence-electron chi connectivity index (χ4n) is 5.78. The maximum absolute atomic E-state index is 5.19. The van der Waals surface area contributed by atoms with Gasteiger partial charge in [-0.2, -0.15) is 0 Å². The Morgan fingerprint density at radius 3 is 1.78 bits per heavy atom. The summed E-state index contributed by atoms with van der Waals surface area (Å²) < 4.78 is 2.33. The van der Waals surface area contributed by atoms with E-state index in [1.54, 1.807) is 0 Å². The highest BCUT2D eigenvalue weighted by atomic mass is 14.9. The van der Waals surface area contributed by atoms with Crippen LogP contribution in [0.5, 0.6) is 0 Å². The maximum Gasteiger partial charge on any atom is 0.0951 e. The lowest BCUT2D eigenvalue weighted by Gasteiger charge is -2.12. The SMILES string of the molecule is c1ccc(-c2cc(-c3ccccc3)nc(-c3cccc(-c4nc5ccccc5n5c4cc4ccccc45)c3)c2)cc1. The summed E-state index contributed by atoms with van der Waals surface area (Å²) in [5, 5.41) is 1.20. The first-order chi connectivity index (χ1) is 20.3. The van der Waals surface area contributed by atoms with Crippen molar-refractivity contribution in [2.45, 2.75) is 0 Å². The molecular weight excluding hydrogens is 498 g/mol. The van der Waals surface area contributed by atoms with Gasteiger partial charge in [-0.25, -0.2) is 9.97 Å². The largest absolute Gasteiger partial charge is 0.306 e. The molecule has 3 heterocycles. The summed E-state index contributed by atoms with van der Waals surface area (Å²) in [4.78, 5) is 10.3. The lowest BCUT2D eigenvalue weighted by atomic mass is 9.98. The van der Waals surface area contributed by atoms with Gasteiger partial charge in [0.15, 0.2) is 0 Å². The van der Waals surface area contributed by atoms with Crippen molar-refractivity contribution in [1.29, 1.82) is 0 Å². The van der Waals surface area contributed by atoms with E-state index in [1.165, 1.54) is 16.5 Å². The minimum Gasteiger partial charge on any atom is -0.306 e. The van der Waals surface area contributed by atoms with Gasteiger partial charge < -0.3 is 4.40 Å². The second-order valence-corrected chi connectivity index (χ2v) is 10.3. The van der Waals surface area contributed by atoms with E-state index in [0.717, 1.165) is 55.9 Å². The number of aromatic nitrogens is 3. The van der Waals surface area contributed by atoms with Crippen molar-refractivity contribution < 1.29 is 0 Å². The van der Waals surface area contributed by atoms with Gasteiger partial charge in [-0.05, 0) is 53.6 Å². The molecule has 0 bridgehead atoms. The van der Waals surface area contributed by atoms with Gasteiger partial charge in [-0.3, -0.25) is 0 Å². The molecule has 192 valence electrons. The van der Waals surface area contributed by atoms with Gasteiger partial charge in [0.2, 0.25) is 0 Å². The summed E-state index contributed by atoms with van der Waals surface area (Å²) in [5.74, 6) is 0. The third-order valence-electron chi connectivity index (χ3n) is 7.74. The van der Waals surface area contributed by atoms with E-state index in [4.69, 9.17) is 9.97 Å². The van der Waals surface area contributed by atoms with Crippen molar-refractivity contribution in [2.24, 2.45) is 0 Å². The molecule has 3 aromatic heterocycles. The standard InChI is InChI=1S/C38H25N3/c1-3-12-26(13-4-1)31-23-33(27-14-5-2-6-15-27)39-34(24-31)28-17-11-18-30(22-28)38-37-25-29-16-7-9-20-35(29)41(37)36-21-10-8-19-32(36)40-38/h1-25H. The van der Waals surface area contributed by atoms with E-state index >= 15 is 0 Å². The molecule has 0 aliphatic carbocycles. The van der Waals surface area contributed by atoms with Crippen molar-refractivity contribution in [3.63, 3.8) is 0 Å². The molecule has 0 amide bonds. The molecule has 0 saturated heterocycles. The van der Waals surface area contributed by atoms with Crippen LogP contribution in [-0.2, 0) is 0 Å². The molecule has 8 aromatic rings. The molecule has 3 nitrogen and oxygen atoms in total. The lowest BCUT2D eigenvalue weighted by Crippen LogP contribution is -1.96. The van der Waals surface area contributed by atoms with E-state index in [9.17, 15) is 0 Å². The zero-order valence-corrected chi connectivity index (χ0v) is 22.3. The van der Waals surface area contributed by atoms with Crippen LogP contribution in [0.2, 0.25) is 0 Å². The van der Waals surface area contributed by atoms with Crippen LogP contribution in [0, 0.1) is 0 Å². The predicted octanol–water partition coefficient (Wildman–Crippen LogP) is 9.70. The molecular formula is C38H25N3. The molecule has 8 rings (SSSR count). The number of pyridine rings is 1. The van der Waals surface area contributed by atoms with Crippen LogP contribution in [0.4, 0.5) is 0 Å². The molecule has 5 aromatic carbocycles. The van der Waals surface area contributed by atoms with E-state index in [2.05, 4.69) is 150 Å². The second-order valence-electron chi connectivity index (χ2n) is 10.3. The minimum atomic E-state index is 0.935. The first-order valence-corrected chi connectivity index (χ1v) is 13.8. The van der Waals surface area contributed by atoms with Crippen LogP contribution in [0.1, 0.15) is 0 Å². The Hall–Kier alpha value is -5.54. The van der Waals surface area contributed by atoms with Crippen LogP contribution in [-0.4, -0.2) is 14.4 Å². The molecule has 0 unspecified atom stereocenters. The Morgan fingerprint density at radius 1 is 0.366 bits per heavy atom. The Bertz CT molecular complexity index is 2140. The van der Waals surface area contributed by atoms with Gasteiger partial charge in [-0.1, -0.05) is 109 Å². The van der Waals surface area contributed by atoms with Crippen molar-refractivity contribution in [3.05, 3.63) is 152 Å². The van der Waals surface area contributed by atoms with Crippen LogP contribution in [0.15, 0.2) is 152 Å². The number of hydrogen-bond donors (Lipinski definition) is 0. The number of nitrogens with zero attached hydrogens (tertiary/aromatic N) is 3. The highest BCUT2D eigenvalue weighted by Crippen LogP contribution is 2.35. The number of fused-ring (bicyclic) bond motifs is 5. The summed E-state index contributed by atoms with van der Waals surface area (Å²) in [7, 11) is 0. The number of hydrogen-bond acceptors (Lipinski definition) is 2. The Labute approximate surface area is 238 Å². The fourth-order valence-corrected chi connectivity index (χ4v) is 5.78. The second kappa shape index (κ2) is 9.58. The fraction of sp³-hybridized carbons (Fsp3) is 0. The highest BCUT2D eigenvalue weighted by molar-refractivity contribution is 5.98. The third kappa shape index (κ3) is 4.07. The van der Waals surface area contributed by atoms with Crippen LogP contribution in [0.3, 0.4) is 0 Å². The predicted molar refractivity (Wildman–Crippen MR) is 170 cm³/mol. The Balaban J connectivity index is 1.35. The third-order valence-corrected chi connectivity index (χ3v) is 7.74. The average Bonchev–Trinajstić information content (AvgIpc) is 3.45. The Morgan fingerprint density at radius 2 is 0.976 bits per heavy atom. The molecule has 0 fully saturated rings. The topological polar surface area (TPSA) is 30.2 Å². The highest BCUT2D eigenvalue weighted by Gasteiger charge is 2.15. The number of rotatable bonds is 4. The molecule has 41 heavy (non-hydrogen) atoms.